The molecule has 1 N–H and O–H groups in total. The minimum Gasteiger partial charge on any atom is -0.455 e. The highest BCUT2D eigenvalue weighted by Crippen LogP contribution is 2.32. The van der Waals surface area contributed by atoms with E-state index in [9.17, 15) is 9.59 Å². The van der Waals surface area contributed by atoms with E-state index < -0.39 is 0 Å². The molecule has 1 saturated heterocycles. The van der Waals surface area contributed by atoms with Crippen molar-refractivity contribution < 1.29 is 14.0 Å². The van der Waals surface area contributed by atoms with Crippen molar-refractivity contribution in [3.05, 3.63) is 52.7 Å². The predicted octanol–water partition coefficient (Wildman–Crippen LogP) is 2.71. The molecule has 2 aromatic heterocycles. The molecule has 1 atom stereocenters. The normalized spacial score (nSPS) is 19.7. The lowest BCUT2D eigenvalue weighted by Gasteiger charge is -2.36. The number of furan rings is 1. The maximum absolute atomic E-state index is 13.2. The minimum absolute atomic E-state index is 0. The number of rotatable bonds is 2. The molecule has 6 nitrogen and oxygen atoms in total. The van der Waals surface area contributed by atoms with Crippen LogP contribution in [0.1, 0.15) is 56.7 Å². The highest BCUT2D eigenvalue weighted by Gasteiger charge is 2.34. The van der Waals surface area contributed by atoms with Gasteiger partial charge in [-0.15, -0.1) is 12.4 Å². The summed E-state index contributed by atoms with van der Waals surface area (Å²) in [5.41, 5.74) is 2.31. The number of carbonyl (C=O) groups excluding carboxylic acids is 2. The molecular formula is C19H22ClN3O3. The summed E-state index contributed by atoms with van der Waals surface area (Å²) < 4.78 is 5.86. The van der Waals surface area contributed by atoms with Gasteiger partial charge in [-0.1, -0.05) is 6.07 Å². The van der Waals surface area contributed by atoms with Gasteiger partial charge in [-0.05, 0) is 25.0 Å². The van der Waals surface area contributed by atoms with Gasteiger partial charge in [0.15, 0.2) is 11.5 Å². The lowest BCUT2D eigenvalue weighted by Crippen LogP contribution is -2.48. The van der Waals surface area contributed by atoms with Gasteiger partial charge >= 0.3 is 0 Å². The summed E-state index contributed by atoms with van der Waals surface area (Å²) in [5.74, 6) is 0.932. The van der Waals surface area contributed by atoms with Gasteiger partial charge in [0.05, 0.1) is 11.6 Å². The molecular weight excluding hydrogens is 354 g/mol. The molecule has 4 rings (SSSR count). The number of hydrogen-bond acceptors (Lipinski definition) is 5. The third kappa shape index (κ3) is 3.15. The smallest absolute Gasteiger partial charge is 0.290 e. The number of nitrogens with zero attached hydrogens (tertiary/aromatic N) is 2. The van der Waals surface area contributed by atoms with Crippen LogP contribution in [0.2, 0.25) is 0 Å². The Balaban J connectivity index is 0.00000196. The molecule has 1 unspecified atom stereocenters. The number of piperazine rings is 1. The number of hydrogen-bond donors (Lipinski definition) is 1. The van der Waals surface area contributed by atoms with Crippen molar-refractivity contribution in [1.82, 2.24) is 15.2 Å². The number of nitrogens with one attached hydrogen (secondary N) is 1. The third-order valence-corrected chi connectivity index (χ3v) is 5.07. The summed E-state index contributed by atoms with van der Waals surface area (Å²) in [6.45, 7) is 3.83. The van der Waals surface area contributed by atoms with E-state index in [0.717, 1.165) is 24.9 Å². The molecule has 0 aromatic carbocycles. The van der Waals surface area contributed by atoms with Crippen molar-refractivity contribution in [1.29, 1.82) is 0 Å². The number of ketones is 1. The van der Waals surface area contributed by atoms with E-state index in [2.05, 4.69) is 10.3 Å². The summed E-state index contributed by atoms with van der Waals surface area (Å²) >= 11 is 0. The molecule has 138 valence electrons. The third-order valence-electron chi connectivity index (χ3n) is 5.07. The Bertz CT molecular complexity index is 819. The topological polar surface area (TPSA) is 75.4 Å². The monoisotopic (exact) mass is 375 g/mol. The number of aryl methyl sites for hydroxylation is 1. The van der Waals surface area contributed by atoms with E-state index in [1.54, 1.807) is 12.4 Å². The first-order chi connectivity index (χ1) is 12.2. The lowest BCUT2D eigenvalue weighted by atomic mass is 9.94. The molecule has 2 aliphatic rings. The number of aromatic nitrogens is 1. The second kappa shape index (κ2) is 7.60. The van der Waals surface area contributed by atoms with Crippen LogP contribution in [0.4, 0.5) is 0 Å². The quantitative estimate of drug-likeness (QED) is 0.873. The summed E-state index contributed by atoms with van der Waals surface area (Å²) in [6, 6.07) is 3.77. The van der Waals surface area contributed by atoms with Crippen LogP contribution in [0.25, 0.3) is 0 Å². The molecule has 1 amide bonds. The summed E-state index contributed by atoms with van der Waals surface area (Å²) in [7, 11) is 0. The molecule has 1 fully saturated rings. The molecule has 1 aliphatic carbocycles. The van der Waals surface area contributed by atoms with Crippen LogP contribution in [-0.4, -0.2) is 41.2 Å². The summed E-state index contributed by atoms with van der Waals surface area (Å²) in [4.78, 5) is 31.4. The van der Waals surface area contributed by atoms with Crippen LogP contribution in [0.5, 0.6) is 0 Å². The van der Waals surface area contributed by atoms with Crippen molar-refractivity contribution in [3.63, 3.8) is 0 Å². The van der Waals surface area contributed by atoms with Gasteiger partial charge in [0.25, 0.3) is 5.91 Å². The SMILES string of the molecule is Cc1c(C(=O)N2CCNCC2c2cccnc2)oc2c1C(=O)CCC2.Cl. The van der Waals surface area contributed by atoms with Crippen molar-refractivity contribution in [2.24, 2.45) is 0 Å². The number of halogens is 1. The van der Waals surface area contributed by atoms with Gasteiger partial charge in [-0.25, -0.2) is 0 Å². The lowest BCUT2D eigenvalue weighted by molar-refractivity contribution is 0.0598. The molecule has 26 heavy (non-hydrogen) atoms. The Morgan fingerprint density at radius 3 is 2.96 bits per heavy atom. The predicted molar refractivity (Wildman–Crippen MR) is 98.8 cm³/mol. The summed E-state index contributed by atoms with van der Waals surface area (Å²) in [6.07, 6.45) is 5.57. The molecule has 3 heterocycles. The Labute approximate surface area is 158 Å². The molecule has 1 aliphatic heterocycles. The van der Waals surface area contributed by atoms with Crippen molar-refractivity contribution in [3.8, 4) is 0 Å². The van der Waals surface area contributed by atoms with E-state index in [1.165, 1.54) is 0 Å². The van der Waals surface area contributed by atoms with Crippen LogP contribution in [0.15, 0.2) is 28.9 Å². The van der Waals surface area contributed by atoms with E-state index in [-0.39, 0.29) is 30.1 Å². The maximum atomic E-state index is 13.2. The van der Waals surface area contributed by atoms with Crippen LogP contribution in [0.3, 0.4) is 0 Å². The van der Waals surface area contributed by atoms with E-state index in [4.69, 9.17) is 4.42 Å². The van der Waals surface area contributed by atoms with Crippen LogP contribution in [0, 0.1) is 6.92 Å². The van der Waals surface area contributed by atoms with Gasteiger partial charge < -0.3 is 14.6 Å². The number of pyridine rings is 1. The van der Waals surface area contributed by atoms with Gasteiger partial charge in [0.2, 0.25) is 0 Å². The average Bonchev–Trinajstić information content (AvgIpc) is 3.00. The van der Waals surface area contributed by atoms with Crippen LogP contribution in [-0.2, 0) is 6.42 Å². The average molecular weight is 376 g/mol. The first-order valence-corrected chi connectivity index (χ1v) is 8.74. The fourth-order valence-electron chi connectivity index (χ4n) is 3.80. The zero-order chi connectivity index (χ0) is 17.4. The van der Waals surface area contributed by atoms with Gasteiger partial charge in [-0.3, -0.25) is 14.6 Å². The zero-order valence-electron chi connectivity index (χ0n) is 14.7. The van der Waals surface area contributed by atoms with Crippen LogP contribution >= 0.6 is 12.4 Å². The van der Waals surface area contributed by atoms with Gasteiger partial charge in [-0.2, -0.15) is 0 Å². The van der Waals surface area contributed by atoms with Gasteiger partial charge in [0.1, 0.15) is 5.76 Å². The Hall–Kier alpha value is -2.18. The molecule has 0 bridgehead atoms. The maximum Gasteiger partial charge on any atom is 0.290 e. The molecule has 2 aromatic rings. The second-order valence-corrected chi connectivity index (χ2v) is 6.64. The first kappa shape index (κ1) is 18.6. The van der Waals surface area contributed by atoms with Crippen molar-refractivity contribution in [2.75, 3.05) is 19.6 Å². The number of Topliss-reactive ketones (excluding diaryl/α,β-unsaturated/α-hetero) is 1. The van der Waals surface area contributed by atoms with E-state index in [0.29, 0.717) is 42.2 Å². The van der Waals surface area contributed by atoms with E-state index in [1.807, 2.05) is 24.0 Å². The molecule has 7 heteroatoms. The second-order valence-electron chi connectivity index (χ2n) is 6.64. The Kier molecular flexibility index (Phi) is 5.44. The highest BCUT2D eigenvalue weighted by atomic mass is 35.5. The standard InChI is InChI=1S/C19H21N3O3.ClH/c1-12-17-15(23)5-2-6-16(17)25-18(12)19(24)22-9-8-21-11-14(22)13-4-3-7-20-10-13;/h3-4,7,10,14,21H,2,5-6,8-9,11H2,1H3;1H. The fourth-order valence-corrected chi connectivity index (χ4v) is 3.80. The number of carbonyl (C=O) groups is 2. The van der Waals surface area contributed by atoms with Gasteiger partial charge in [0, 0.05) is 50.4 Å². The zero-order valence-corrected chi connectivity index (χ0v) is 15.5. The first-order valence-electron chi connectivity index (χ1n) is 8.74. The number of amides is 1. The molecule has 0 spiro atoms. The fraction of sp³-hybridized carbons (Fsp3) is 0.421. The molecule has 0 saturated carbocycles. The highest BCUT2D eigenvalue weighted by molar-refractivity contribution is 6.03. The minimum atomic E-state index is -0.143. The number of fused-ring (bicyclic) bond motifs is 1. The Morgan fingerprint density at radius 1 is 1.38 bits per heavy atom. The van der Waals surface area contributed by atoms with Crippen molar-refractivity contribution >= 4 is 24.1 Å². The molecule has 0 radical (unpaired) electrons. The van der Waals surface area contributed by atoms with Crippen LogP contribution < -0.4 is 5.32 Å². The summed E-state index contributed by atoms with van der Waals surface area (Å²) in [5, 5.41) is 3.33. The largest absolute Gasteiger partial charge is 0.455 e. The van der Waals surface area contributed by atoms with Crippen molar-refractivity contribution in [2.45, 2.75) is 32.2 Å². The van der Waals surface area contributed by atoms with E-state index >= 15 is 0 Å². The Morgan fingerprint density at radius 2 is 2.23 bits per heavy atom.